The van der Waals surface area contributed by atoms with Crippen LogP contribution in [0.1, 0.15) is 34.6 Å². The Labute approximate surface area is 291 Å². The largest absolute Gasteiger partial charge is 0.428 e. The quantitative estimate of drug-likeness (QED) is 0.0310. The molecule has 3 amide bonds. The van der Waals surface area contributed by atoms with Crippen molar-refractivity contribution >= 4 is 89.2 Å². The number of aliphatic imine (C=N–C) groups is 1. The van der Waals surface area contributed by atoms with E-state index in [1.54, 1.807) is 0 Å². The highest BCUT2D eigenvalue weighted by Gasteiger charge is 2.61. The Balaban J connectivity index is 1.84. The molecule has 0 spiro atoms. The molecule has 2 saturated heterocycles. The number of likely N-dealkylation sites (tertiary alicyclic amines) is 1. The molecule has 0 aromatic carbocycles. The third-order valence-corrected chi connectivity index (χ3v) is 14.9. The standard InChI is InChI=1S/C24H42B3N8O9P3Si/c1-6-48(7-2,8-3)44-13(5)17-18-12(4)14(19(35(18)20(17)37)21(38)41-45-31-25)9-34-10-15(16(36)11-34)28-22(29-23(39)42-46-32-26)30-24(40)43-47-33-27/h12-13,15-18,31-33,36,45-47H,6-11H2,1-5H3,(H2,28,29,30,39,40)/t12-,13+,15+,16+,17?,18+/m0/s1. The van der Waals surface area contributed by atoms with Crippen molar-refractivity contribution in [3.05, 3.63) is 11.3 Å². The van der Waals surface area contributed by atoms with E-state index < -0.39 is 71.4 Å². The predicted octanol–water partition coefficient (Wildman–Crippen LogP) is 0.0690. The fourth-order valence-corrected chi connectivity index (χ4v) is 10.0. The molecule has 0 aromatic heterocycles. The molecule has 3 heterocycles. The van der Waals surface area contributed by atoms with Crippen molar-refractivity contribution in [3.8, 4) is 0 Å². The number of hydrogen-bond acceptors (Lipinski definition) is 14. The molecule has 6 radical (unpaired) electrons. The highest BCUT2D eigenvalue weighted by Crippen LogP contribution is 2.49. The summed E-state index contributed by atoms with van der Waals surface area (Å²) in [6.07, 6.45) is -3.31. The normalized spacial score (nSPS) is 25.2. The summed E-state index contributed by atoms with van der Waals surface area (Å²) in [6, 6.07) is 1.69. The number of rotatable bonds is 16. The summed E-state index contributed by atoms with van der Waals surface area (Å²) in [5.74, 6) is -1.88. The van der Waals surface area contributed by atoms with E-state index in [1.165, 1.54) is 4.90 Å². The van der Waals surface area contributed by atoms with E-state index in [-0.39, 0.29) is 55.3 Å². The lowest BCUT2D eigenvalue weighted by molar-refractivity contribution is -0.161. The molecular weight excluding hydrogens is 698 g/mol. The summed E-state index contributed by atoms with van der Waals surface area (Å²) in [4.78, 5) is 65.7. The fraction of sp³-hybridized carbons (Fsp3) is 0.708. The van der Waals surface area contributed by atoms with Gasteiger partial charge < -0.3 is 43.0 Å². The Morgan fingerprint density at radius 1 is 0.979 bits per heavy atom. The number of nitrogens with zero attached hydrogens (tertiary/aromatic N) is 3. The number of guanidine groups is 1. The molecule has 2 fully saturated rings. The van der Waals surface area contributed by atoms with Gasteiger partial charge in [0.15, 0.2) is 32.3 Å². The molecule has 3 aliphatic rings. The first-order valence-corrected chi connectivity index (χ1v) is 20.7. The van der Waals surface area contributed by atoms with Gasteiger partial charge in [-0.25, -0.2) is 19.4 Å². The number of carbonyl (C=O) groups is 4. The van der Waals surface area contributed by atoms with Gasteiger partial charge in [0.2, 0.25) is 11.9 Å². The maximum Gasteiger partial charge on any atom is 0.417 e. The Hall–Kier alpha value is -1.65. The molecule has 260 valence electrons. The molecule has 48 heavy (non-hydrogen) atoms. The number of aliphatic hydroxyl groups excluding tert-OH is 1. The van der Waals surface area contributed by atoms with E-state index in [1.807, 2.05) is 18.7 Å². The first-order valence-electron chi connectivity index (χ1n) is 15.4. The van der Waals surface area contributed by atoms with Crippen LogP contribution < -0.4 is 25.6 Å². The Kier molecular flexibility index (Phi) is 16.2. The number of β-amino-alcohol motifs (C(OH)–C–C–N with tert-alkyl or cyclic N) is 1. The first kappa shape index (κ1) is 40.8. The minimum absolute atomic E-state index is 0.136. The number of amides is 3. The van der Waals surface area contributed by atoms with Crippen LogP contribution in [0, 0.1) is 11.8 Å². The van der Waals surface area contributed by atoms with Crippen molar-refractivity contribution in [2.45, 2.75) is 77.0 Å². The SMILES string of the molecule is [B]NPOC(=O)NC(=N[C@@H]1CN(CC2=C(C(=O)OPN[B])N3C(=O)C([C@@H](C)O[Si](CC)(CC)CC)[C@H]3[C@H]2C)C[C@H]1O)NC(=O)OPN[B]. The molecule has 4 unspecified atom stereocenters. The van der Waals surface area contributed by atoms with Crippen LogP contribution in [0.15, 0.2) is 16.3 Å². The van der Waals surface area contributed by atoms with Crippen molar-refractivity contribution in [2.24, 2.45) is 16.8 Å². The zero-order valence-corrected chi connectivity index (χ0v) is 31.5. The summed E-state index contributed by atoms with van der Waals surface area (Å²) in [6.45, 7) is 10.8. The average Bonchev–Trinajstić information content (AvgIpc) is 3.53. The minimum Gasteiger partial charge on any atom is -0.428 e. The Morgan fingerprint density at radius 3 is 2.04 bits per heavy atom. The van der Waals surface area contributed by atoms with E-state index in [0.717, 1.165) is 18.1 Å². The molecule has 9 atom stereocenters. The smallest absolute Gasteiger partial charge is 0.417 e. The molecule has 0 aromatic rings. The third kappa shape index (κ3) is 9.77. The lowest BCUT2D eigenvalue weighted by atomic mass is 9.77. The molecule has 0 saturated carbocycles. The predicted molar refractivity (Wildman–Crippen MR) is 189 cm³/mol. The van der Waals surface area contributed by atoms with Crippen LogP contribution in [0.5, 0.6) is 0 Å². The summed E-state index contributed by atoms with van der Waals surface area (Å²) < 4.78 is 21.7. The van der Waals surface area contributed by atoms with Gasteiger partial charge in [0.05, 0.1) is 30.2 Å². The van der Waals surface area contributed by atoms with Crippen LogP contribution in [0.4, 0.5) is 9.59 Å². The summed E-state index contributed by atoms with van der Waals surface area (Å²) in [5, 5.41) is 15.5. The van der Waals surface area contributed by atoms with E-state index >= 15 is 0 Å². The minimum atomic E-state index is -2.02. The van der Waals surface area contributed by atoms with E-state index in [4.69, 9.17) is 41.9 Å². The van der Waals surface area contributed by atoms with Crippen LogP contribution in [0.2, 0.25) is 18.1 Å². The van der Waals surface area contributed by atoms with Crippen LogP contribution in [-0.4, -0.2) is 121 Å². The van der Waals surface area contributed by atoms with E-state index in [9.17, 15) is 24.3 Å². The molecule has 0 aliphatic carbocycles. The molecule has 3 rings (SSSR count). The van der Waals surface area contributed by atoms with Crippen molar-refractivity contribution in [2.75, 3.05) is 19.6 Å². The maximum absolute atomic E-state index is 13.7. The number of fused-ring (bicyclic) bond motifs is 1. The highest BCUT2D eigenvalue weighted by molar-refractivity contribution is 7.32. The lowest BCUT2D eigenvalue weighted by Gasteiger charge is -2.49. The van der Waals surface area contributed by atoms with Gasteiger partial charge in [-0.05, 0) is 30.6 Å². The van der Waals surface area contributed by atoms with Gasteiger partial charge in [0.1, 0.15) is 32.6 Å². The number of nitrogens with one attached hydrogen (secondary N) is 5. The van der Waals surface area contributed by atoms with Crippen LogP contribution >= 0.6 is 26.9 Å². The zero-order chi connectivity index (χ0) is 35.6. The van der Waals surface area contributed by atoms with Gasteiger partial charge >= 0.3 is 18.2 Å². The Morgan fingerprint density at radius 2 is 1.52 bits per heavy atom. The molecule has 0 bridgehead atoms. The fourth-order valence-electron chi connectivity index (χ4n) is 6.42. The number of β-lactam (4-membered cyclic amide) rings is 1. The van der Waals surface area contributed by atoms with Gasteiger partial charge in [0.25, 0.3) is 0 Å². The van der Waals surface area contributed by atoms with Gasteiger partial charge in [0, 0.05) is 25.6 Å². The zero-order valence-electron chi connectivity index (χ0n) is 27.5. The third-order valence-electron chi connectivity index (χ3n) is 8.94. The summed E-state index contributed by atoms with van der Waals surface area (Å²) in [5.41, 5.74) is 0.833. The second-order valence-corrected chi connectivity index (χ2v) is 18.2. The van der Waals surface area contributed by atoms with E-state index in [2.05, 4.69) is 51.4 Å². The lowest BCUT2D eigenvalue weighted by Crippen LogP contribution is -2.65. The second-order valence-electron chi connectivity index (χ2n) is 11.4. The van der Waals surface area contributed by atoms with Gasteiger partial charge in [-0.1, -0.05) is 27.7 Å². The van der Waals surface area contributed by atoms with Gasteiger partial charge in [-0.2, -0.15) is 0 Å². The van der Waals surface area contributed by atoms with Gasteiger partial charge in [-0.3, -0.25) is 20.3 Å². The van der Waals surface area contributed by atoms with Crippen molar-refractivity contribution in [3.63, 3.8) is 0 Å². The molecular formula is C24H42B3N8O9P3Si. The molecule has 3 aliphatic heterocycles. The van der Waals surface area contributed by atoms with E-state index in [0.29, 0.717) is 5.57 Å². The van der Waals surface area contributed by atoms with Crippen molar-refractivity contribution in [1.82, 2.24) is 35.4 Å². The average molecular weight is 740 g/mol. The maximum atomic E-state index is 13.7. The van der Waals surface area contributed by atoms with Gasteiger partial charge in [-0.15, -0.1) is 0 Å². The van der Waals surface area contributed by atoms with Crippen molar-refractivity contribution in [1.29, 1.82) is 0 Å². The second kappa shape index (κ2) is 19.1. The van der Waals surface area contributed by atoms with Crippen LogP contribution in [-0.2, 0) is 27.6 Å². The van der Waals surface area contributed by atoms with Crippen LogP contribution in [0.3, 0.4) is 0 Å². The van der Waals surface area contributed by atoms with Crippen molar-refractivity contribution < 1.29 is 42.3 Å². The first-order chi connectivity index (χ1) is 22.9. The topological polar surface area (TPSA) is 204 Å². The number of hydrogen-bond donors (Lipinski definition) is 6. The number of aliphatic hydroxyl groups is 1. The highest BCUT2D eigenvalue weighted by atomic mass is 31.1. The molecule has 6 N–H and O–H groups in total. The molecule has 17 nitrogen and oxygen atoms in total. The summed E-state index contributed by atoms with van der Waals surface area (Å²) >= 11 is 0. The summed E-state index contributed by atoms with van der Waals surface area (Å²) in [7, 11) is 12.0. The number of carbonyl (C=O) groups excluding carboxylic acids is 4. The van der Waals surface area contributed by atoms with Crippen LogP contribution in [0.25, 0.3) is 0 Å². The molecule has 24 heteroatoms. The Bertz CT molecular complexity index is 1210. The monoisotopic (exact) mass is 740 g/mol.